The molecule has 0 radical (unpaired) electrons. The molecule has 3 heterocycles. The van der Waals surface area contributed by atoms with Gasteiger partial charge in [-0.15, -0.1) is 0 Å². The Balaban J connectivity index is 1.71. The fraction of sp³-hybridized carbons (Fsp3) is 0.391. The highest BCUT2D eigenvalue weighted by Crippen LogP contribution is 2.33. The van der Waals surface area contributed by atoms with Crippen LogP contribution in [0.5, 0.6) is 0 Å². The van der Waals surface area contributed by atoms with Crippen molar-refractivity contribution >= 4 is 23.4 Å². The molecule has 31 heavy (non-hydrogen) atoms. The fourth-order valence-electron chi connectivity index (χ4n) is 4.19. The van der Waals surface area contributed by atoms with E-state index in [0.717, 1.165) is 54.0 Å². The zero-order valence-corrected chi connectivity index (χ0v) is 18.3. The maximum atomic E-state index is 15.0. The number of aliphatic imine (C=N–C) groups is 1. The van der Waals surface area contributed by atoms with Crippen LogP contribution >= 0.6 is 0 Å². The Morgan fingerprint density at radius 2 is 1.97 bits per heavy atom. The molecule has 2 aromatic heterocycles. The average Bonchev–Trinajstić information content (AvgIpc) is 3.15. The molecule has 0 bridgehead atoms. The number of amides is 1. The van der Waals surface area contributed by atoms with Gasteiger partial charge in [-0.1, -0.05) is 6.07 Å². The van der Waals surface area contributed by atoms with Gasteiger partial charge in [0, 0.05) is 6.07 Å². The van der Waals surface area contributed by atoms with E-state index in [2.05, 4.69) is 32.3 Å². The topological polar surface area (TPSA) is 74.9 Å². The van der Waals surface area contributed by atoms with Gasteiger partial charge in [0.15, 0.2) is 5.84 Å². The minimum atomic E-state index is -0.255. The lowest BCUT2D eigenvalue weighted by Gasteiger charge is -2.29. The van der Waals surface area contributed by atoms with Crippen molar-refractivity contribution < 1.29 is 9.18 Å². The van der Waals surface area contributed by atoms with Crippen LogP contribution in [-0.4, -0.2) is 51.9 Å². The van der Waals surface area contributed by atoms with Gasteiger partial charge in [-0.2, -0.15) is 5.10 Å². The normalized spacial score (nSPS) is 16.1. The summed E-state index contributed by atoms with van der Waals surface area (Å²) in [6.07, 6.45) is 4.26. The van der Waals surface area contributed by atoms with Gasteiger partial charge >= 0.3 is 0 Å². The second-order valence-corrected chi connectivity index (χ2v) is 8.29. The number of carbonyl (C=O) groups is 1. The van der Waals surface area contributed by atoms with Crippen molar-refractivity contribution in [2.75, 3.05) is 20.1 Å². The van der Waals surface area contributed by atoms with Crippen molar-refractivity contribution in [3.05, 3.63) is 58.4 Å². The molecule has 8 heteroatoms. The molecule has 3 aromatic rings. The molecule has 7 nitrogen and oxygen atoms in total. The van der Waals surface area contributed by atoms with Crippen LogP contribution in [0.4, 0.5) is 10.1 Å². The third-order valence-corrected chi connectivity index (χ3v) is 5.90. The van der Waals surface area contributed by atoms with Crippen LogP contribution in [0.1, 0.15) is 47.0 Å². The average molecular weight is 423 g/mol. The van der Waals surface area contributed by atoms with Crippen molar-refractivity contribution in [3.63, 3.8) is 0 Å². The van der Waals surface area contributed by atoms with Crippen LogP contribution in [0, 0.1) is 26.6 Å². The summed E-state index contributed by atoms with van der Waals surface area (Å²) in [6, 6.07) is 5.17. The number of piperidine rings is 1. The molecule has 1 N–H and O–H groups in total. The first-order valence-corrected chi connectivity index (χ1v) is 10.5. The van der Waals surface area contributed by atoms with Crippen LogP contribution in [0.15, 0.2) is 29.4 Å². The van der Waals surface area contributed by atoms with Gasteiger partial charge in [-0.25, -0.2) is 13.9 Å². The first kappa shape index (κ1) is 21.1. The van der Waals surface area contributed by atoms with E-state index in [1.807, 2.05) is 39.1 Å². The van der Waals surface area contributed by atoms with E-state index >= 15 is 4.39 Å². The molecule has 0 saturated carbocycles. The number of fused-ring (bicyclic) bond motifs is 1. The standard InChI is InChI=1S/C23H27FN6O/c1-14-9-18(17-5-7-29(4)8-6-17)19(24)10-20(14)27-23(25-13-31)21-11-22-16(3)26-15(2)12-30(22)28-21/h9-13,17H,5-8H2,1-4H3,(H,25,27,31). The number of carbonyl (C=O) groups excluding carboxylic acids is 1. The molecular formula is C23H27FN6O. The Kier molecular flexibility index (Phi) is 5.82. The van der Waals surface area contributed by atoms with Gasteiger partial charge < -0.3 is 10.2 Å². The number of nitrogens with zero attached hydrogens (tertiary/aromatic N) is 5. The third-order valence-electron chi connectivity index (χ3n) is 5.90. The van der Waals surface area contributed by atoms with Crippen molar-refractivity contribution in [1.29, 1.82) is 0 Å². The fourth-order valence-corrected chi connectivity index (χ4v) is 4.19. The summed E-state index contributed by atoms with van der Waals surface area (Å²) >= 11 is 0. The van der Waals surface area contributed by atoms with Crippen molar-refractivity contribution in [2.24, 2.45) is 4.99 Å². The number of hydrogen-bond acceptors (Lipinski definition) is 5. The lowest BCUT2D eigenvalue weighted by molar-refractivity contribution is -0.108. The smallest absolute Gasteiger partial charge is 0.212 e. The van der Waals surface area contributed by atoms with E-state index in [4.69, 9.17) is 0 Å². The van der Waals surface area contributed by atoms with Gasteiger partial charge in [0.2, 0.25) is 6.41 Å². The van der Waals surface area contributed by atoms with Crippen LogP contribution in [0.2, 0.25) is 0 Å². The Morgan fingerprint density at radius 1 is 1.23 bits per heavy atom. The summed E-state index contributed by atoms with van der Waals surface area (Å²) in [5.74, 6) is 0.234. The minimum absolute atomic E-state index is 0.220. The highest BCUT2D eigenvalue weighted by Gasteiger charge is 2.22. The van der Waals surface area contributed by atoms with Crippen LogP contribution in [-0.2, 0) is 4.79 Å². The number of halogens is 1. The molecule has 1 saturated heterocycles. The second-order valence-electron chi connectivity index (χ2n) is 8.29. The summed E-state index contributed by atoms with van der Waals surface area (Å²) in [7, 11) is 2.09. The molecule has 1 aliphatic rings. The van der Waals surface area contributed by atoms with Gasteiger partial charge in [0.1, 0.15) is 11.5 Å². The van der Waals surface area contributed by atoms with Crippen molar-refractivity contribution in [1.82, 2.24) is 24.8 Å². The van der Waals surface area contributed by atoms with E-state index in [0.29, 0.717) is 17.8 Å². The predicted molar refractivity (Wildman–Crippen MR) is 118 cm³/mol. The number of likely N-dealkylation sites (tertiary alicyclic amines) is 1. The van der Waals surface area contributed by atoms with E-state index in [9.17, 15) is 4.79 Å². The van der Waals surface area contributed by atoms with E-state index < -0.39 is 0 Å². The zero-order valence-electron chi connectivity index (χ0n) is 18.3. The minimum Gasteiger partial charge on any atom is -0.311 e. The number of aromatic nitrogens is 3. The number of aryl methyl sites for hydroxylation is 3. The maximum absolute atomic E-state index is 15.0. The first-order chi connectivity index (χ1) is 14.9. The van der Waals surface area contributed by atoms with Gasteiger partial charge in [0.05, 0.1) is 28.8 Å². The van der Waals surface area contributed by atoms with Crippen LogP contribution < -0.4 is 5.32 Å². The third kappa shape index (κ3) is 4.34. The van der Waals surface area contributed by atoms with Gasteiger partial charge in [-0.3, -0.25) is 9.78 Å². The zero-order chi connectivity index (χ0) is 22.1. The highest BCUT2D eigenvalue weighted by molar-refractivity contribution is 6.04. The highest BCUT2D eigenvalue weighted by atomic mass is 19.1. The number of nitrogens with one attached hydrogen (secondary N) is 1. The lowest BCUT2D eigenvalue weighted by Crippen LogP contribution is -2.29. The molecule has 0 unspecified atom stereocenters. The Hall–Kier alpha value is -3.13. The molecule has 4 rings (SSSR count). The number of benzene rings is 1. The first-order valence-electron chi connectivity index (χ1n) is 10.5. The Bertz CT molecular complexity index is 1160. The second kappa shape index (κ2) is 8.55. The van der Waals surface area contributed by atoms with Crippen molar-refractivity contribution in [3.8, 4) is 0 Å². The molecule has 0 atom stereocenters. The van der Waals surface area contributed by atoms with Gasteiger partial charge in [0.25, 0.3) is 0 Å². The van der Waals surface area contributed by atoms with Crippen LogP contribution in [0.25, 0.3) is 5.52 Å². The number of rotatable bonds is 4. The Labute approximate surface area is 181 Å². The molecule has 1 fully saturated rings. The number of amidine groups is 1. The molecule has 1 amide bonds. The van der Waals surface area contributed by atoms with Gasteiger partial charge in [-0.05, 0) is 76.9 Å². The number of hydrogen-bond donors (Lipinski definition) is 1. The molecule has 162 valence electrons. The lowest BCUT2D eigenvalue weighted by atomic mass is 9.88. The van der Waals surface area contributed by atoms with Crippen molar-refractivity contribution in [2.45, 2.75) is 39.5 Å². The molecule has 0 spiro atoms. The quantitative estimate of drug-likeness (QED) is 0.397. The summed E-state index contributed by atoms with van der Waals surface area (Å²) < 4.78 is 16.7. The summed E-state index contributed by atoms with van der Waals surface area (Å²) in [6.45, 7) is 7.65. The van der Waals surface area contributed by atoms with E-state index in [1.165, 1.54) is 6.07 Å². The summed E-state index contributed by atoms with van der Waals surface area (Å²) in [5, 5.41) is 7.14. The molecule has 1 aliphatic heterocycles. The maximum Gasteiger partial charge on any atom is 0.212 e. The van der Waals surface area contributed by atoms with Crippen LogP contribution in [0.3, 0.4) is 0 Å². The largest absolute Gasteiger partial charge is 0.311 e. The predicted octanol–water partition coefficient (Wildman–Crippen LogP) is 3.43. The van der Waals surface area contributed by atoms with E-state index in [-0.39, 0.29) is 17.6 Å². The Morgan fingerprint density at radius 3 is 2.68 bits per heavy atom. The summed E-state index contributed by atoms with van der Waals surface area (Å²) in [4.78, 5) is 22.5. The monoisotopic (exact) mass is 422 g/mol. The molecule has 1 aromatic carbocycles. The molecular weight excluding hydrogens is 395 g/mol. The molecule has 0 aliphatic carbocycles. The SMILES string of the molecule is Cc1cn2nc(/C(=N/c3cc(F)c(C4CCN(C)CC4)cc3C)NC=O)cc2c(C)n1. The summed E-state index contributed by atoms with van der Waals surface area (Å²) in [5.41, 5.74) is 5.06. The van der Waals surface area contributed by atoms with E-state index in [1.54, 1.807) is 4.52 Å².